The molecule has 3 rings (SSSR count). The van der Waals surface area contributed by atoms with Crippen LogP contribution in [0.4, 0.5) is 10.1 Å². The van der Waals surface area contributed by atoms with Crippen molar-refractivity contribution in [3.05, 3.63) is 53.8 Å². The molecule has 28 heavy (non-hydrogen) atoms. The number of hydrogen-bond acceptors (Lipinski definition) is 4. The number of carbonyl (C=O) groups is 2. The van der Waals surface area contributed by atoms with Gasteiger partial charge >= 0.3 is 0 Å². The minimum Gasteiger partial charge on any atom is -0.490 e. The largest absolute Gasteiger partial charge is 0.490 e. The quantitative estimate of drug-likeness (QED) is 0.794. The van der Waals surface area contributed by atoms with Gasteiger partial charge in [-0.15, -0.1) is 0 Å². The average Bonchev–Trinajstić information content (AvgIpc) is 3.04. The summed E-state index contributed by atoms with van der Waals surface area (Å²) in [6.07, 6.45) is 0.193. The Morgan fingerprint density at radius 3 is 2.46 bits per heavy atom. The number of amides is 2. The standard InChI is InChI=1S/C21H23FN2O4/c1-3-27-18-10-5-14(11-19(18)28-4-2)21(26)23-16-12-20(25)24(13-16)17-8-6-15(22)7-9-17/h5-11,16H,3-4,12-13H2,1-2H3,(H,23,26). The summed E-state index contributed by atoms with van der Waals surface area (Å²) < 4.78 is 24.2. The van der Waals surface area contributed by atoms with Crippen molar-refractivity contribution in [2.45, 2.75) is 26.3 Å². The zero-order valence-electron chi connectivity index (χ0n) is 15.9. The van der Waals surface area contributed by atoms with Crippen LogP contribution in [0.1, 0.15) is 30.6 Å². The number of carbonyl (C=O) groups excluding carboxylic acids is 2. The first-order chi connectivity index (χ1) is 13.5. The van der Waals surface area contributed by atoms with Crippen LogP contribution in [0.3, 0.4) is 0 Å². The molecule has 1 N–H and O–H groups in total. The molecule has 0 radical (unpaired) electrons. The summed E-state index contributed by atoms with van der Waals surface area (Å²) in [6.45, 7) is 5.02. The molecule has 2 aromatic rings. The highest BCUT2D eigenvalue weighted by molar-refractivity contribution is 5.99. The molecule has 7 heteroatoms. The van der Waals surface area contributed by atoms with Crippen LogP contribution >= 0.6 is 0 Å². The lowest BCUT2D eigenvalue weighted by molar-refractivity contribution is -0.117. The fraction of sp³-hybridized carbons (Fsp3) is 0.333. The molecule has 1 aliphatic rings. The van der Waals surface area contributed by atoms with Crippen molar-refractivity contribution in [3.63, 3.8) is 0 Å². The van der Waals surface area contributed by atoms with Crippen LogP contribution in [0.15, 0.2) is 42.5 Å². The SMILES string of the molecule is CCOc1ccc(C(=O)NC2CC(=O)N(c3ccc(F)cc3)C2)cc1OCC. The predicted octanol–water partition coefficient (Wildman–Crippen LogP) is 3.16. The van der Waals surface area contributed by atoms with Gasteiger partial charge < -0.3 is 19.7 Å². The van der Waals surface area contributed by atoms with E-state index in [1.54, 1.807) is 35.2 Å². The van der Waals surface area contributed by atoms with Crippen molar-refractivity contribution < 1.29 is 23.5 Å². The molecule has 0 aliphatic carbocycles. The second kappa shape index (κ2) is 8.73. The second-order valence-electron chi connectivity index (χ2n) is 6.38. The lowest BCUT2D eigenvalue weighted by Crippen LogP contribution is -2.37. The maximum atomic E-state index is 13.1. The van der Waals surface area contributed by atoms with Crippen LogP contribution in [0.5, 0.6) is 11.5 Å². The average molecular weight is 386 g/mol. The maximum Gasteiger partial charge on any atom is 0.251 e. The van der Waals surface area contributed by atoms with Gasteiger partial charge in [0.1, 0.15) is 5.82 Å². The fourth-order valence-electron chi connectivity index (χ4n) is 3.14. The summed E-state index contributed by atoms with van der Waals surface area (Å²) in [5.41, 5.74) is 1.04. The first-order valence-corrected chi connectivity index (χ1v) is 9.28. The van der Waals surface area contributed by atoms with Crippen LogP contribution in [-0.2, 0) is 4.79 Å². The normalized spacial score (nSPS) is 16.2. The van der Waals surface area contributed by atoms with E-state index in [1.807, 2.05) is 13.8 Å². The van der Waals surface area contributed by atoms with E-state index in [2.05, 4.69) is 5.32 Å². The van der Waals surface area contributed by atoms with Gasteiger partial charge in [0.25, 0.3) is 5.91 Å². The van der Waals surface area contributed by atoms with E-state index >= 15 is 0 Å². The van der Waals surface area contributed by atoms with Gasteiger partial charge in [0.15, 0.2) is 11.5 Å². The van der Waals surface area contributed by atoms with Gasteiger partial charge in [0, 0.05) is 24.2 Å². The second-order valence-corrected chi connectivity index (χ2v) is 6.38. The van der Waals surface area contributed by atoms with Crippen molar-refractivity contribution in [1.82, 2.24) is 5.32 Å². The molecule has 0 bridgehead atoms. The van der Waals surface area contributed by atoms with Gasteiger partial charge in [-0.1, -0.05) is 0 Å². The van der Waals surface area contributed by atoms with Crippen molar-refractivity contribution >= 4 is 17.5 Å². The molecular weight excluding hydrogens is 363 g/mol. The number of nitrogens with zero attached hydrogens (tertiary/aromatic N) is 1. The first kappa shape index (κ1) is 19.7. The van der Waals surface area contributed by atoms with Crippen LogP contribution < -0.4 is 19.7 Å². The fourth-order valence-corrected chi connectivity index (χ4v) is 3.14. The van der Waals surface area contributed by atoms with Crippen LogP contribution in [0.25, 0.3) is 0 Å². The minimum atomic E-state index is -0.360. The zero-order chi connectivity index (χ0) is 20.1. The Morgan fingerprint density at radius 2 is 1.79 bits per heavy atom. The van der Waals surface area contributed by atoms with Gasteiger partial charge in [0.2, 0.25) is 5.91 Å². The van der Waals surface area contributed by atoms with Crippen molar-refractivity contribution in [1.29, 1.82) is 0 Å². The Kier molecular flexibility index (Phi) is 6.13. The van der Waals surface area contributed by atoms with E-state index in [-0.39, 0.29) is 30.1 Å². The summed E-state index contributed by atoms with van der Waals surface area (Å²) in [7, 11) is 0. The summed E-state index contributed by atoms with van der Waals surface area (Å²) in [6, 6.07) is 10.4. The molecule has 1 atom stereocenters. The van der Waals surface area contributed by atoms with Crippen LogP contribution in [-0.4, -0.2) is 37.6 Å². The van der Waals surface area contributed by atoms with E-state index in [9.17, 15) is 14.0 Å². The smallest absolute Gasteiger partial charge is 0.251 e. The molecule has 2 aromatic carbocycles. The van der Waals surface area contributed by atoms with Gasteiger partial charge in [-0.2, -0.15) is 0 Å². The summed E-state index contributed by atoms with van der Waals surface area (Å²) in [5.74, 6) is 0.328. The van der Waals surface area contributed by atoms with Gasteiger partial charge in [-0.25, -0.2) is 4.39 Å². The molecule has 1 unspecified atom stereocenters. The summed E-state index contributed by atoms with van der Waals surface area (Å²) in [5, 5.41) is 2.89. The predicted molar refractivity (Wildman–Crippen MR) is 103 cm³/mol. The third-order valence-corrected chi connectivity index (χ3v) is 4.40. The van der Waals surface area contributed by atoms with Crippen molar-refractivity contribution in [3.8, 4) is 11.5 Å². The molecule has 1 heterocycles. The Morgan fingerprint density at radius 1 is 1.11 bits per heavy atom. The molecule has 0 spiro atoms. The molecule has 1 fully saturated rings. The third kappa shape index (κ3) is 4.42. The molecule has 0 saturated carbocycles. The minimum absolute atomic E-state index is 0.112. The van der Waals surface area contributed by atoms with Crippen LogP contribution in [0, 0.1) is 5.82 Å². The molecule has 148 valence electrons. The maximum absolute atomic E-state index is 13.1. The van der Waals surface area contributed by atoms with Gasteiger partial charge in [-0.3, -0.25) is 9.59 Å². The Labute approximate surface area is 163 Å². The highest BCUT2D eigenvalue weighted by atomic mass is 19.1. The van der Waals surface area contributed by atoms with Crippen LogP contribution in [0.2, 0.25) is 0 Å². The highest BCUT2D eigenvalue weighted by Gasteiger charge is 2.31. The Bertz CT molecular complexity index is 854. The van der Waals surface area contributed by atoms with Gasteiger partial charge in [0.05, 0.1) is 19.3 Å². The molecular formula is C21H23FN2O4. The first-order valence-electron chi connectivity index (χ1n) is 9.28. The summed E-state index contributed by atoms with van der Waals surface area (Å²) in [4.78, 5) is 26.5. The lowest BCUT2D eigenvalue weighted by Gasteiger charge is -2.17. The van der Waals surface area contributed by atoms with E-state index in [1.165, 1.54) is 12.1 Å². The number of rotatable bonds is 7. The van der Waals surface area contributed by atoms with E-state index < -0.39 is 0 Å². The molecule has 0 aromatic heterocycles. The molecule has 2 amide bonds. The van der Waals surface area contributed by atoms with Gasteiger partial charge in [-0.05, 0) is 56.3 Å². The Balaban J connectivity index is 1.68. The van der Waals surface area contributed by atoms with E-state index in [0.29, 0.717) is 42.5 Å². The van der Waals surface area contributed by atoms with E-state index in [0.717, 1.165) is 0 Å². The molecule has 6 nitrogen and oxygen atoms in total. The monoisotopic (exact) mass is 386 g/mol. The summed E-state index contributed by atoms with van der Waals surface area (Å²) >= 11 is 0. The topological polar surface area (TPSA) is 67.9 Å². The molecule has 1 aliphatic heterocycles. The van der Waals surface area contributed by atoms with Crippen molar-refractivity contribution in [2.24, 2.45) is 0 Å². The zero-order valence-corrected chi connectivity index (χ0v) is 15.9. The van der Waals surface area contributed by atoms with E-state index in [4.69, 9.17) is 9.47 Å². The number of benzene rings is 2. The number of hydrogen-bond donors (Lipinski definition) is 1. The third-order valence-electron chi connectivity index (χ3n) is 4.40. The highest BCUT2D eigenvalue weighted by Crippen LogP contribution is 2.29. The number of ether oxygens (including phenoxy) is 2. The number of halogens is 1. The Hall–Kier alpha value is -3.09. The molecule has 1 saturated heterocycles. The lowest BCUT2D eigenvalue weighted by atomic mass is 10.1. The number of anilines is 1. The van der Waals surface area contributed by atoms with Crippen molar-refractivity contribution in [2.75, 3.05) is 24.7 Å². The number of nitrogens with one attached hydrogen (secondary N) is 1.